The molecular formula is C9H6. The topological polar surface area (TPSA) is 0 Å². The summed E-state index contributed by atoms with van der Waals surface area (Å²) in [5, 5.41) is 0. The van der Waals surface area contributed by atoms with Crippen LogP contribution in [0.25, 0.3) is 0 Å². The molecule has 0 heterocycles. The zero-order valence-corrected chi connectivity index (χ0v) is 4.96. The second kappa shape index (κ2) is 2.37. The Hall–Kier alpha value is -1.22. The van der Waals surface area contributed by atoms with E-state index in [9.17, 15) is 0 Å². The van der Waals surface area contributed by atoms with Crippen LogP contribution in [0.1, 0.15) is 11.1 Å². The first-order valence-corrected chi connectivity index (χ1v) is 2.65. The van der Waals surface area contributed by atoms with Crippen LogP contribution in [0.15, 0.2) is 24.3 Å². The van der Waals surface area contributed by atoms with Crippen molar-refractivity contribution in [3.05, 3.63) is 42.3 Å². The van der Waals surface area contributed by atoms with Crippen LogP contribution < -0.4 is 0 Å². The second-order valence-corrected chi connectivity index (χ2v) is 1.77. The Morgan fingerprint density at radius 3 is 2.11 bits per heavy atom. The van der Waals surface area contributed by atoms with Crippen LogP contribution in [-0.2, 0) is 0 Å². The summed E-state index contributed by atoms with van der Waals surface area (Å²) < 4.78 is 0. The Kier molecular flexibility index (Phi) is 1.55. The van der Waals surface area contributed by atoms with Gasteiger partial charge in [-0.3, -0.25) is 0 Å². The highest BCUT2D eigenvalue weighted by Gasteiger charge is 1.83. The largest absolute Gasteiger partial charge is 0.115 e. The summed E-state index contributed by atoms with van der Waals surface area (Å²) in [6.07, 6.45) is 5.11. The molecule has 0 aliphatic carbocycles. The summed E-state index contributed by atoms with van der Waals surface area (Å²) in [4.78, 5) is 0. The molecular weight excluding hydrogens is 108 g/mol. The highest BCUT2D eigenvalue weighted by atomic mass is 13.9. The van der Waals surface area contributed by atoms with Gasteiger partial charge in [-0.05, 0) is 24.6 Å². The highest BCUT2D eigenvalue weighted by Crippen LogP contribution is 1.99. The molecule has 0 atom stereocenters. The summed E-state index contributed by atoms with van der Waals surface area (Å²) >= 11 is 0. The van der Waals surface area contributed by atoms with Crippen LogP contribution in [0.5, 0.6) is 0 Å². The van der Waals surface area contributed by atoms with Crippen LogP contribution in [0.4, 0.5) is 0 Å². The van der Waals surface area contributed by atoms with Gasteiger partial charge in [0.2, 0.25) is 0 Å². The molecule has 1 rings (SSSR count). The van der Waals surface area contributed by atoms with Gasteiger partial charge in [-0.1, -0.05) is 18.1 Å². The van der Waals surface area contributed by atoms with E-state index in [0.717, 1.165) is 11.1 Å². The first-order chi connectivity index (χ1) is 4.33. The molecule has 0 N–H and O–H groups in total. The van der Waals surface area contributed by atoms with Gasteiger partial charge in [-0.25, -0.2) is 0 Å². The van der Waals surface area contributed by atoms with Crippen molar-refractivity contribution in [1.82, 2.24) is 0 Å². The normalized spacial score (nSPS) is 8.44. The standard InChI is InChI=1S/C9H6/c1-3-9-6-4-8(2)5-7-9/h1-2,4-7H. The first kappa shape index (κ1) is 5.91. The van der Waals surface area contributed by atoms with Crippen molar-refractivity contribution in [2.45, 2.75) is 0 Å². The number of terminal acetylenes is 1. The molecule has 9 heavy (non-hydrogen) atoms. The number of rotatable bonds is 0. The lowest BCUT2D eigenvalue weighted by Crippen LogP contribution is -1.72. The summed E-state index contributed by atoms with van der Waals surface area (Å²) in [5.41, 5.74) is 1.61. The highest BCUT2D eigenvalue weighted by molar-refractivity contribution is 5.34. The molecule has 0 saturated heterocycles. The van der Waals surface area contributed by atoms with Gasteiger partial charge in [0.25, 0.3) is 0 Å². The lowest BCUT2D eigenvalue weighted by molar-refractivity contribution is 1.58. The van der Waals surface area contributed by atoms with Crippen molar-refractivity contribution >= 4 is 0 Å². The van der Waals surface area contributed by atoms with E-state index in [1.807, 2.05) is 12.1 Å². The molecule has 0 spiro atoms. The minimum absolute atomic E-state index is 0.744. The predicted octanol–water partition coefficient (Wildman–Crippen LogP) is 1.73. The van der Waals surface area contributed by atoms with E-state index in [2.05, 4.69) is 5.92 Å². The number of hydrogen-bond donors (Lipinski definition) is 0. The molecule has 1 aromatic carbocycles. The lowest BCUT2D eigenvalue weighted by Gasteiger charge is -1.89. The van der Waals surface area contributed by atoms with Crippen molar-refractivity contribution in [2.24, 2.45) is 0 Å². The second-order valence-electron chi connectivity index (χ2n) is 1.77. The van der Waals surface area contributed by atoms with Crippen molar-refractivity contribution in [3.8, 4) is 12.3 Å². The smallest absolute Gasteiger partial charge is 0.0242 e. The fourth-order valence-electron chi connectivity index (χ4n) is 0.579. The van der Waals surface area contributed by atoms with Gasteiger partial charge in [-0.15, -0.1) is 6.42 Å². The minimum atomic E-state index is 0.744. The monoisotopic (exact) mass is 114 g/mol. The predicted molar refractivity (Wildman–Crippen MR) is 37.8 cm³/mol. The Labute approximate surface area is 55.5 Å². The maximum atomic E-state index is 5.41. The molecule has 0 nitrogen and oxygen atoms in total. The molecule has 0 aromatic heterocycles. The molecule has 0 heteroatoms. The van der Waals surface area contributed by atoms with E-state index in [-0.39, 0.29) is 0 Å². The minimum Gasteiger partial charge on any atom is -0.115 e. The maximum absolute atomic E-state index is 5.41. The summed E-state index contributed by atoms with van der Waals surface area (Å²) in [6, 6.07) is 7.20. The van der Waals surface area contributed by atoms with Crippen LogP contribution in [0, 0.1) is 19.3 Å². The molecule has 0 bridgehead atoms. The van der Waals surface area contributed by atoms with E-state index >= 15 is 0 Å². The molecule has 2 radical (unpaired) electrons. The molecule has 1 aromatic rings. The van der Waals surface area contributed by atoms with Crippen molar-refractivity contribution < 1.29 is 0 Å². The van der Waals surface area contributed by atoms with Crippen LogP contribution in [-0.4, -0.2) is 0 Å². The lowest BCUT2D eigenvalue weighted by atomic mass is 10.2. The van der Waals surface area contributed by atoms with Gasteiger partial charge < -0.3 is 0 Å². The van der Waals surface area contributed by atoms with Crippen molar-refractivity contribution in [1.29, 1.82) is 0 Å². The zero-order valence-electron chi connectivity index (χ0n) is 4.96. The van der Waals surface area contributed by atoms with Crippen LogP contribution in [0.3, 0.4) is 0 Å². The van der Waals surface area contributed by atoms with Gasteiger partial charge >= 0.3 is 0 Å². The Balaban J connectivity index is 3.06. The van der Waals surface area contributed by atoms with E-state index < -0.39 is 0 Å². The fraction of sp³-hybridized carbons (Fsp3) is 0. The van der Waals surface area contributed by atoms with E-state index in [4.69, 9.17) is 13.3 Å². The third-order valence-electron chi connectivity index (χ3n) is 1.08. The molecule has 0 fully saturated rings. The average molecular weight is 114 g/mol. The van der Waals surface area contributed by atoms with Crippen LogP contribution in [0.2, 0.25) is 0 Å². The maximum Gasteiger partial charge on any atom is 0.0242 e. The molecule has 0 aliphatic heterocycles. The quantitative estimate of drug-likeness (QED) is 0.450. The van der Waals surface area contributed by atoms with Gasteiger partial charge in [0.1, 0.15) is 0 Å². The Bertz CT molecular complexity index is 223. The molecule has 0 saturated carbocycles. The Morgan fingerprint density at radius 2 is 1.67 bits per heavy atom. The fourth-order valence-corrected chi connectivity index (χ4v) is 0.579. The summed E-state index contributed by atoms with van der Waals surface area (Å²) in [7, 11) is 0. The first-order valence-electron chi connectivity index (χ1n) is 2.65. The molecule has 42 valence electrons. The van der Waals surface area contributed by atoms with E-state index in [0.29, 0.717) is 0 Å². The van der Waals surface area contributed by atoms with E-state index in [1.54, 1.807) is 12.1 Å². The number of hydrogen-bond acceptors (Lipinski definition) is 0. The molecule has 0 amide bonds. The van der Waals surface area contributed by atoms with Crippen LogP contribution >= 0.6 is 0 Å². The molecule has 0 unspecified atom stereocenters. The van der Waals surface area contributed by atoms with Crippen molar-refractivity contribution in [3.63, 3.8) is 0 Å². The Morgan fingerprint density at radius 1 is 1.11 bits per heavy atom. The average Bonchev–Trinajstić information content (AvgIpc) is 1.90. The zero-order chi connectivity index (χ0) is 6.69. The summed E-state index contributed by atoms with van der Waals surface area (Å²) in [6.45, 7) is 5.41. The van der Waals surface area contributed by atoms with Gasteiger partial charge in [0, 0.05) is 5.56 Å². The molecule has 0 aliphatic rings. The van der Waals surface area contributed by atoms with Gasteiger partial charge in [0.05, 0.1) is 0 Å². The van der Waals surface area contributed by atoms with Gasteiger partial charge in [-0.2, -0.15) is 0 Å². The third-order valence-corrected chi connectivity index (χ3v) is 1.08. The van der Waals surface area contributed by atoms with Gasteiger partial charge in [0.15, 0.2) is 0 Å². The van der Waals surface area contributed by atoms with E-state index in [1.165, 1.54) is 0 Å². The number of benzene rings is 1. The third kappa shape index (κ3) is 1.33. The SMILES string of the molecule is [CH]c1ccc(C#C)cc1. The summed E-state index contributed by atoms with van der Waals surface area (Å²) in [5.74, 6) is 2.50. The van der Waals surface area contributed by atoms with Crippen molar-refractivity contribution in [2.75, 3.05) is 0 Å².